The fraction of sp³-hybridized carbons (Fsp3) is 0.0714. The van der Waals surface area contributed by atoms with E-state index in [1.54, 1.807) is 7.11 Å². The van der Waals surface area contributed by atoms with E-state index < -0.39 is 0 Å². The molecule has 1 aromatic heterocycles. The fourth-order valence-corrected chi connectivity index (χ4v) is 1.93. The number of nitrogen functional groups attached to an aromatic ring is 1. The summed E-state index contributed by atoms with van der Waals surface area (Å²) in [6, 6.07) is 13.2. The van der Waals surface area contributed by atoms with Gasteiger partial charge >= 0.3 is 0 Å². The van der Waals surface area contributed by atoms with E-state index in [-0.39, 0.29) is 0 Å². The summed E-state index contributed by atoms with van der Waals surface area (Å²) >= 11 is 0. The van der Waals surface area contributed by atoms with Crippen LogP contribution in [-0.2, 0) is 0 Å². The van der Waals surface area contributed by atoms with Crippen LogP contribution in [0.5, 0.6) is 5.75 Å². The lowest BCUT2D eigenvalue weighted by Gasteiger charge is -2.02. The lowest BCUT2D eigenvalue weighted by Crippen LogP contribution is -1.93. The van der Waals surface area contributed by atoms with E-state index in [4.69, 9.17) is 10.5 Å². The molecule has 0 aliphatic rings. The number of rotatable bonds is 3. The van der Waals surface area contributed by atoms with Crippen molar-refractivity contribution in [2.45, 2.75) is 0 Å². The van der Waals surface area contributed by atoms with Crippen LogP contribution in [-0.4, -0.2) is 17.1 Å². The van der Waals surface area contributed by atoms with Gasteiger partial charge in [-0.25, -0.2) is 4.98 Å². The van der Waals surface area contributed by atoms with Crippen LogP contribution < -0.4 is 15.8 Å². The minimum Gasteiger partial charge on any atom is -0.497 e. The third-order valence-electron chi connectivity index (χ3n) is 2.84. The number of benzene rings is 2. The zero-order chi connectivity index (χ0) is 13.2. The van der Waals surface area contributed by atoms with Crippen molar-refractivity contribution in [2.75, 3.05) is 18.2 Å². The molecule has 0 saturated carbocycles. The zero-order valence-electron chi connectivity index (χ0n) is 10.5. The first-order chi connectivity index (χ1) is 9.24. The van der Waals surface area contributed by atoms with Crippen molar-refractivity contribution in [1.29, 1.82) is 0 Å². The van der Waals surface area contributed by atoms with Crippen LogP contribution in [0.2, 0.25) is 0 Å². The maximum atomic E-state index is 5.74. The van der Waals surface area contributed by atoms with Crippen LogP contribution >= 0.6 is 0 Å². The number of nitrogens with two attached hydrogens (primary N) is 1. The predicted octanol–water partition coefficient (Wildman–Crippen LogP) is 2.90. The molecule has 4 N–H and O–H groups in total. The molecular formula is C14H14N4O. The first kappa shape index (κ1) is 11.4. The Kier molecular flexibility index (Phi) is 2.72. The van der Waals surface area contributed by atoms with E-state index >= 15 is 0 Å². The summed E-state index contributed by atoms with van der Waals surface area (Å²) < 4.78 is 5.18. The van der Waals surface area contributed by atoms with E-state index in [1.807, 2.05) is 42.5 Å². The molecule has 0 fully saturated rings. The van der Waals surface area contributed by atoms with Crippen molar-refractivity contribution >= 4 is 28.4 Å². The van der Waals surface area contributed by atoms with Gasteiger partial charge in [-0.3, -0.25) is 0 Å². The highest BCUT2D eigenvalue weighted by atomic mass is 16.5. The minimum absolute atomic E-state index is 0.675. The van der Waals surface area contributed by atoms with Crippen LogP contribution in [0.4, 0.5) is 17.3 Å². The molecule has 3 aromatic rings. The van der Waals surface area contributed by atoms with Gasteiger partial charge in [-0.2, -0.15) is 0 Å². The largest absolute Gasteiger partial charge is 0.497 e. The predicted molar refractivity (Wildman–Crippen MR) is 76.8 cm³/mol. The lowest BCUT2D eigenvalue weighted by atomic mass is 10.3. The second kappa shape index (κ2) is 4.53. The average molecular weight is 254 g/mol. The SMILES string of the molecule is COc1ccc2nc(Nc3cccc(N)c3)[nH]c2c1. The molecule has 0 aliphatic carbocycles. The molecule has 0 radical (unpaired) electrons. The number of hydrogen-bond acceptors (Lipinski definition) is 4. The molecule has 2 aromatic carbocycles. The van der Waals surface area contributed by atoms with Crippen LogP contribution in [0.1, 0.15) is 0 Å². The lowest BCUT2D eigenvalue weighted by molar-refractivity contribution is 0.415. The van der Waals surface area contributed by atoms with Crippen molar-refractivity contribution in [3.8, 4) is 5.75 Å². The van der Waals surface area contributed by atoms with E-state index in [0.29, 0.717) is 11.6 Å². The zero-order valence-corrected chi connectivity index (χ0v) is 10.5. The smallest absolute Gasteiger partial charge is 0.205 e. The summed E-state index contributed by atoms with van der Waals surface area (Å²) in [5.41, 5.74) is 9.15. The maximum Gasteiger partial charge on any atom is 0.205 e. The molecule has 3 rings (SSSR count). The summed E-state index contributed by atoms with van der Waals surface area (Å²) in [6.07, 6.45) is 0. The van der Waals surface area contributed by atoms with Crippen molar-refractivity contribution < 1.29 is 4.74 Å². The van der Waals surface area contributed by atoms with Crippen LogP contribution in [0.3, 0.4) is 0 Å². The van der Waals surface area contributed by atoms with Gasteiger partial charge in [-0.05, 0) is 30.3 Å². The van der Waals surface area contributed by atoms with Gasteiger partial charge in [0.1, 0.15) is 5.75 Å². The highest BCUT2D eigenvalue weighted by molar-refractivity contribution is 5.80. The molecule has 0 unspecified atom stereocenters. The summed E-state index contributed by atoms with van der Waals surface area (Å²) in [5.74, 6) is 1.47. The maximum absolute atomic E-state index is 5.74. The van der Waals surface area contributed by atoms with E-state index in [0.717, 1.165) is 22.5 Å². The first-order valence-corrected chi connectivity index (χ1v) is 5.91. The number of nitrogens with one attached hydrogen (secondary N) is 2. The molecular weight excluding hydrogens is 240 g/mol. The summed E-state index contributed by atoms with van der Waals surface area (Å²) in [4.78, 5) is 7.65. The highest BCUT2D eigenvalue weighted by Gasteiger charge is 2.04. The van der Waals surface area contributed by atoms with Crippen molar-refractivity contribution in [2.24, 2.45) is 0 Å². The number of ether oxygens (including phenoxy) is 1. The Hall–Kier alpha value is -2.69. The number of fused-ring (bicyclic) bond motifs is 1. The number of imidazole rings is 1. The Balaban J connectivity index is 1.93. The fourth-order valence-electron chi connectivity index (χ4n) is 1.93. The number of methoxy groups -OCH3 is 1. The van der Waals surface area contributed by atoms with Gasteiger partial charge in [-0.1, -0.05) is 6.07 Å². The number of H-pyrrole nitrogens is 1. The van der Waals surface area contributed by atoms with E-state index in [9.17, 15) is 0 Å². The second-order valence-corrected chi connectivity index (χ2v) is 4.22. The van der Waals surface area contributed by atoms with Crippen LogP contribution in [0.15, 0.2) is 42.5 Å². The second-order valence-electron chi connectivity index (χ2n) is 4.22. The van der Waals surface area contributed by atoms with Gasteiger partial charge in [0.25, 0.3) is 0 Å². The number of hydrogen-bond donors (Lipinski definition) is 3. The molecule has 0 bridgehead atoms. The van der Waals surface area contributed by atoms with Crippen LogP contribution in [0, 0.1) is 0 Å². The first-order valence-electron chi connectivity index (χ1n) is 5.91. The van der Waals surface area contributed by atoms with Crippen molar-refractivity contribution in [3.63, 3.8) is 0 Å². The molecule has 0 aliphatic heterocycles. The summed E-state index contributed by atoms with van der Waals surface area (Å²) in [7, 11) is 1.64. The average Bonchev–Trinajstić information content (AvgIpc) is 2.79. The van der Waals surface area contributed by atoms with Gasteiger partial charge in [-0.15, -0.1) is 0 Å². The quantitative estimate of drug-likeness (QED) is 0.628. The molecule has 0 spiro atoms. The Morgan fingerprint density at radius 3 is 2.89 bits per heavy atom. The number of aromatic nitrogens is 2. The standard InChI is InChI=1S/C14H14N4O/c1-19-11-5-6-12-13(8-11)18-14(17-12)16-10-4-2-3-9(15)7-10/h2-8H,15H2,1H3,(H2,16,17,18). The van der Waals surface area contributed by atoms with Gasteiger partial charge in [0.05, 0.1) is 18.1 Å². The highest BCUT2D eigenvalue weighted by Crippen LogP contribution is 2.22. The number of nitrogens with zero attached hydrogens (tertiary/aromatic N) is 1. The summed E-state index contributed by atoms with van der Waals surface area (Å²) in [6.45, 7) is 0. The number of aromatic amines is 1. The van der Waals surface area contributed by atoms with Gasteiger partial charge in [0.2, 0.25) is 5.95 Å². The van der Waals surface area contributed by atoms with E-state index in [2.05, 4.69) is 15.3 Å². The van der Waals surface area contributed by atoms with E-state index in [1.165, 1.54) is 0 Å². The molecule has 0 amide bonds. The Morgan fingerprint density at radius 2 is 2.11 bits per heavy atom. The molecule has 1 heterocycles. The molecule has 0 saturated heterocycles. The Morgan fingerprint density at radius 1 is 1.21 bits per heavy atom. The minimum atomic E-state index is 0.675. The molecule has 0 atom stereocenters. The molecule has 96 valence electrons. The van der Waals surface area contributed by atoms with Crippen molar-refractivity contribution in [3.05, 3.63) is 42.5 Å². The third kappa shape index (κ3) is 2.30. The van der Waals surface area contributed by atoms with Gasteiger partial charge < -0.3 is 20.8 Å². The van der Waals surface area contributed by atoms with Crippen LogP contribution in [0.25, 0.3) is 11.0 Å². The normalized spacial score (nSPS) is 10.6. The monoisotopic (exact) mass is 254 g/mol. The summed E-state index contributed by atoms with van der Waals surface area (Å²) in [5, 5.41) is 3.18. The molecule has 19 heavy (non-hydrogen) atoms. The third-order valence-corrected chi connectivity index (χ3v) is 2.84. The number of anilines is 3. The van der Waals surface area contributed by atoms with Gasteiger partial charge in [0, 0.05) is 17.4 Å². The topological polar surface area (TPSA) is 76.0 Å². The molecule has 5 heteroatoms. The van der Waals surface area contributed by atoms with Crippen molar-refractivity contribution in [1.82, 2.24) is 9.97 Å². The Labute approximate surface area is 110 Å². The Bertz CT molecular complexity index is 720. The van der Waals surface area contributed by atoms with Gasteiger partial charge in [0.15, 0.2) is 0 Å². The molecule has 5 nitrogen and oxygen atoms in total.